The van der Waals surface area contributed by atoms with Crippen LogP contribution in [0, 0.1) is 0 Å². The lowest BCUT2D eigenvalue weighted by Crippen LogP contribution is -2.51. The number of hydrogen-bond donors (Lipinski definition) is 2. The van der Waals surface area contributed by atoms with Crippen LogP contribution in [0.4, 0.5) is 0 Å². The number of benzene rings is 2. The predicted octanol–water partition coefficient (Wildman–Crippen LogP) is 1.49. The summed E-state index contributed by atoms with van der Waals surface area (Å²) in [6.07, 6.45) is 0.837. The number of morpholine rings is 1. The maximum atomic E-state index is 11.9. The van der Waals surface area contributed by atoms with Gasteiger partial charge in [-0.25, -0.2) is 0 Å². The average molecular weight is 284 g/mol. The van der Waals surface area contributed by atoms with Gasteiger partial charge in [0, 0.05) is 13.1 Å². The van der Waals surface area contributed by atoms with Crippen molar-refractivity contribution in [2.24, 2.45) is 0 Å². The minimum atomic E-state index is -0.213. The Morgan fingerprint density at radius 3 is 2.90 bits per heavy atom. The molecule has 2 N–H and O–H groups in total. The largest absolute Gasteiger partial charge is 0.378 e. The van der Waals surface area contributed by atoms with Gasteiger partial charge in [0.2, 0.25) is 5.91 Å². The van der Waals surface area contributed by atoms with E-state index in [2.05, 4.69) is 41.0 Å². The van der Waals surface area contributed by atoms with Crippen LogP contribution < -0.4 is 10.6 Å². The van der Waals surface area contributed by atoms with E-state index in [1.165, 1.54) is 16.3 Å². The summed E-state index contributed by atoms with van der Waals surface area (Å²) in [5, 5.41) is 8.61. The molecule has 21 heavy (non-hydrogen) atoms. The number of amides is 1. The topological polar surface area (TPSA) is 50.4 Å². The van der Waals surface area contributed by atoms with E-state index < -0.39 is 0 Å². The van der Waals surface area contributed by atoms with E-state index in [0.29, 0.717) is 19.8 Å². The molecule has 2 aromatic carbocycles. The lowest BCUT2D eigenvalue weighted by Gasteiger charge is -2.22. The van der Waals surface area contributed by atoms with Crippen molar-refractivity contribution in [3.05, 3.63) is 48.0 Å². The first-order valence-electron chi connectivity index (χ1n) is 7.39. The standard InChI is InChI=1S/C17H20N2O2/c20-17(16-12-21-10-9-18-16)19-8-7-13-5-6-14-3-1-2-4-15(14)11-13/h1-6,11,16,18H,7-10,12H2,(H,19,20). The molecular formula is C17H20N2O2. The van der Waals surface area contributed by atoms with Crippen molar-refractivity contribution in [1.29, 1.82) is 0 Å². The quantitative estimate of drug-likeness (QED) is 0.894. The molecule has 4 nitrogen and oxygen atoms in total. The van der Waals surface area contributed by atoms with E-state index in [4.69, 9.17) is 4.74 Å². The highest BCUT2D eigenvalue weighted by Crippen LogP contribution is 2.15. The number of carbonyl (C=O) groups excluding carboxylic acids is 1. The Bertz CT molecular complexity index is 621. The molecule has 3 rings (SSSR count). The molecule has 0 radical (unpaired) electrons. The molecule has 0 bridgehead atoms. The van der Waals surface area contributed by atoms with Gasteiger partial charge in [-0.2, -0.15) is 0 Å². The fraction of sp³-hybridized carbons (Fsp3) is 0.353. The summed E-state index contributed by atoms with van der Waals surface area (Å²) in [4.78, 5) is 11.9. The van der Waals surface area contributed by atoms with E-state index in [0.717, 1.165) is 13.0 Å². The number of fused-ring (bicyclic) bond motifs is 1. The zero-order valence-electron chi connectivity index (χ0n) is 12.0. The molecular weight excluding hydrogens is 264 g/mol. The molecule has 1 amide bonds. The van der Waals surface area contributed by atoms with Crippen LogP contribution in [-0.2, 0) is 16.0 Å². The van der Waals surface area contributed by atoms with Gasteiger partial charge >= 0.3 is 0 Å². The van der Waals surface area contributed by atoms with Crippen molar-refractivity contribution in [3.63, 3.8) is 0 Å². The van der Waals surface area contributed by atoms with Crippen LogP contribution in [0.5, 0.6) is 0 Å². The SMILES string of the molecule is O=C(NCCc1ccc2ccccc2c1)C1COCCN1. The molecule has 2 aromatic rings. The fourth-order valence-corrected chi connectivity index (χ4v) is 2.58. The molecule has 0 spiro atoms. The van der Waals surface area contributed by atoms with Crippen LogP contribution in [0.1, 0.15) is 5.56 Å². The lowest BCUT2D eigenvalue weighted by atomic mass is 10.1. The van der Waals surface area contributed by atoms with Crippen molar-refractivity contribution >= 4 is 16.7 Å². The highest BCUT2D eigenvalue weighted by molar-refractivity contribution is 5.83. The summed E-state index contributed by atoms with van der Waals surface area (Å²) < 4.78 is 5.29. The van der Waals surface area contributed by atoms with Gasteiger partial charge in [0.1, 0.15) is 6.04 Å². The van der Waals surface area contributed by atoms with Crippen molar-refractivity contribution in [2.75, 3.05) is 26.3 Å². The first-order chi connectivity index (χ1) is 10.3. The van der Waals surface area contributed by atoms with E-state index in [1.807, 2.05) is 12.1 Å². The molecule has 1 aliphatic rings. The second-order valence-electron chi connectivity index (χ2n) is 5.30. The van der Waals surface area contributed by atoms with Crippen molar-refractivity contribution in [1.82, 2.24) is 10.6 Å². The van der Waals surface area contributed by atoms with Gasteiger partial charge in [0.15, 0.2) is 0 Å². The highest BCUT2D eigenvalue weighted by atomic mass is 16.5. The van der Waals surface area contributed by atoms with Crippen LogP contribution in [0.3, 0.4) is 0 Å². The van der Waals surface area contributed by atoms with Gasteiger partial charge in [0.05, 0.1) is 13.2 Å². The number of carbonyl (C=O) groups is 1. The third kappa shape index (κ3) is 3.60. The van der Waals surface area contributed by atoms with Gasteiger partial charge < -0.3 is 15.4 Å². The summed E-state index contributed by atoms with van der Waals surface area (Å²) >= 11 is 0. The Hall–Kier alpha value is -1.91. The van der Waals surface area contributed by atoms with Gasteiger partial charge in [-0.15, -0.1) is 0 Å². The Labute approximate surface area is 124 Å². The summed E-state index contributed by atoms with van der Waals surface area (Å²) in [6.45, 7) is 2.53. The zero-order chi connectivity index (χ0) is 14.5. The zero-order valence-corrected chi connectivity index (χ0v) is 12.0. The van der Waals surface area contributed by atoms with Crippen LogP contribution in [0.2, 0.25) is 0 Å². The van der Waals surface area contributed by atoms with Gasteiger partial charge in [-0.1, -0.05) is 42.5 Å². The minimum absolute atomic E-state index is 0.0236. The molecule has 4 heteroatoms. The monoisotopic (exact) mass is 284 g/mol. The van der Waals surface area contributed by atoms with E-state index in [1.54, 1.807) is 0 Å². The van der Waals surface area contributed by atoms with E-state index in [9.17, 15) is 4.79 Å². The molecule has 1 heterocycles. The molecule has 1 aliphatic heterocycles. The molecule has 1 saturated heterocycles. The molecule has 1 fully saturated rings. The number of ether oxygens (including phenoxy) is 1. The minimum Gasteiger partial charge on any atom is -0.378 e. The van der Waals surface area contributed by atoms with Gasteiger partial charge in [-0.05, 0) is 22.8 Å². The molecule has 1 unspecified atom stereocenters. The van der Waals surface area contributed by atoms with Crippen molar-refractivity contribution < 1.29 is 9.53 Å². The summed E-state index contributed by atoms with van der Waals surface area (Å²) in [6, 6.07) is 14.5. The molecule has 1 atom stereocenters. The predicted molar refractivity (Wildman–Crippen MR) is 83.3 cm³/mol. The molecule has 0 saturated carbocycles. The highest BCUT2D eigenvalue weighted by Gasteiger charge is 2.20. The van der Waals surface area contributed by atoms with Crippen molar-refractivity contribution in [2.45, 2.75) is 12.5 Å². The molecule has 0 aromatic heterocycles. The van der Waals surface area contributed by atoms with Gasteiger partial charge in [0.25, 0.3) is 0 Å². The first kappa shape index (κ1) is 14.0. The molecule has 110 valence electrons. The fourth-order valence-electron chi connectivity index (χ4n) is 2.58. The number of rotatable bonds is 4. The van der Waals surface area contributed by atoms with Crippen LogP contribution >= 0.6 is 0 Å². The van der Waals surface area contributed by atoms with Crippen molar-refractivity contribution in [3.8, 4) is 0 Å². The third-order valence-corrected chi connectivity index (χ3v) is 3.76. The lowest BCUT2D eigenvalue weighted by molar-refractivity contribution is -0.125. The Kier molecular flexibility index (Phi) is 4.48. The average Bonchev–Trinajstić information content (AvgIpc) is 2.55. The Balaban J connectivity index is 1.53. The smallest absolute Gasteiger partial charge is 0.239 e. The van der Waals surface area contributed by atoms with Gasteiger partial charge in [-0.3, -0.25) is 4.79 Å². The summed E-state index contributed by atoms with van der Waals surface area (Å²) in [7, 11) is 0. The summed E-state index contributed by atoms with van der Waals surface area (Å²) in [5.41, 5.74) is 1.24. The second-order valence-corrected chi connectivity index (χ2v) is 5.30. The van der Waals surface area contributed by atoms with E-state index >= 15 is 0 Å². The third-order valence-electron chi connectivity index (χ3n) is 3.76. The normalized spacial score (nSPS) is 18.6. The number of hydrogen-bond acceptors (Lipinski definition) is 3. The molecule has 0 aliphatic carbocycles. The second kappa shape index (κ2) is 6.70. The van der Waals surface area contributed by atoms with Crippen LogP contribution in [0.25, 0.3) is 10.8 Å². The maximum absolute atomic E-state index is 11.9. The number of nitrogens with one attached hydrogen (secondary N) is 2. The summed E-state index contributed by atoms with van der Waals surface area (Å²) in [5.74, 6) is 0.0236. The Morgan fingerprint density at radius 1 is 1.24 bits per heavy atom. The first-order valence-corrected chi connectivity index (χ1v) is 7.39. The Morgan fingerprint density at radius 2 is 2.10 bits per heavy atom. The van der Waals surface area contributed by atoms with E-state index in [-0.39, 0.29) is 11.9 Å². The van der Waals surface area contributed by atoms with Crippen LogP contribution in [0.15, 0.2) is 42.5 Å². The maximum Gasteiger partial charge on any atom is 0.239 e. The van der Waals surface area contributed by atoms with Crippen LogP contribution in [-0.4, -0.2) is 38.3 Å².